The monoisotopic (exact) mass is 1070 g/mol. The number of likely N-dealkylation sites (tertiary alicyclic amines) is 1. The summed E-state index contributed by atoms with van der Waals surface area (Å²) < 4.78 is 0. The van der Waals surface area contributed by atoms with Crippen LogP contribution in [0.1, 0.15) is 62.5 Å². The highest BCUT2D eigenvalue weighted by molar-refractivity contribution is 8.76. The van der Waals surface area contributed by atoms with Gasteiger partial charge in [-0.2, -0.15) is 0 Å². The van der Waals surface area contributed by atoms with E-state index in [1.807, 2.05) is 0 Å². The summed E-state index contributed by atoms with van der Waals surface area (Å²) in [5, 5.41) is 37.5. The van der Waals surface area contributed by atoms with E-state index in [9.17, 15) is 63.0 Å². The number of carbonyl (C=O) groups excluding carboxylic acids is 10. The average Bonchev–Trinajstić information content (AvgIpc) is 3.85. The van der Waals surface area contributed by atoms with Gasteiger partial charge in [-0.25, -0.2) is 0 Å². The zero-order valence-corrected chi connectivity index (χ0v) is 41.9. The van der Waals surface area contributed by atoms with Gasteiger partial charge in [0.2, 0.25) is 59.1 Å². The van der Waals surface area contributed by atoms with Crippen molar-refractivity contribution in [3.63, 3.8) is 0 Å². The third-order valence-corrected chi connectivity index (χ3v) is 13.9. The molecule has 2 aromatic rings. The van der Waals surface area contributed by atoms with Crippen LogP contribution in [0.4, 0.5) is 0 Å². The van der Waals surface area contributed by atoms with Crippen molar-refractivity contribution >= 4 is 92.6 Å². The number of amides is 10. The van der Waals surface area contributed by atoms with Crippen LogP contribution in [0, 0.1) is 0 Å². The Morgan fingerprint density at radius 1 is 0.757 bits per heavy atom. The first-order valence-corrected chi connectivity index (χ1v) is 26.0. The van der Waals surface area contributed by atoms with Gasteiger partial charge in [0.25, 0.3) is 0 Å². The fourth-order valence-corrected chi connectivity index (χ4v) is 9.90. The van der Waals surface area contributed by atoms with Crippen LogP contribution in [0.25, 0.3) is 0 Å². The minimum atomic E-state index is -1.90. The first-order valence-electron chi connectivity index (χ1n) is 23.5. The van der Waals surface area contributed by atoms with Crippen molar-refractivity contribution in [2.45, 2.75) is 107 Å². The first-order chi connectivity index (χ1) is 35.2. The van der Waals surface area contributed by atoms with Gasteiger partial charge in [0.15, 0.2) is 5.96 Å². The molecule has 26 nitrogen and oxygen atoms in total. The SMILES string of the molecule is NC(=O)CC[C@@H]1NC(=O)[C@H](Cc2ccccc2)NC(=O)[C@H](Cc2ccc(O)cc2)NC(=O)CCSSC[C@@H](C(=O)N2CCC[C@H]2C(=O)N[C@H](CCCN=C(N)N)C(=O)NCC(N)=O)NC(=O)[C@H](CC(=O)O)NC1=O. The Bertz CT molecular complexity index is 2380. The second kappa shape index (κ2) is 29.8. The molecule has 2 fully saturated rings. The van der Waals surface area contributed by atoms with Crippen molar-refractivity contribution in [3.05, 3.63) is 65.7 Å². The number of phenolic OH excluding ortho intramolecular Hbond substituents is 1. The number of nitrogens with two attached hydrogens (primary N) is 4. The number of rotatable bonds is 19. The van der Waals surface area contributed by atoms with Crippen LogP contribution in [-0.2, 0) is 65.6 Å². The van der Waals surface area contributed by atoms with Crippen molar-refractivity contribution in [3.8, 4) is 5.75 Å². The lowest BCUT2D eigenvalue weighted by molar-refractivity contribution is -0.143. The van der Waals surface area contributed by atoms with E-state index in [1.165, 1.54) is 17.0 Å². The number of carbonyl (C=O) groups is 11. The van der Waals surface area contributed by atoms with Gasteiger partial charge in [0.05, 0.1) is 13.0 Å². The van der Waals surface area contributed by atoms with E-state index in [0.717, 1.165) is 21.6 Å². The van der Waals surface area contributed by atoms with Crippen LogP contribution < -0.4 is 60.2 Å². The number of phenols is 1. The van der Waals surface area contributed by atoms with Gasteiger partial charge in [-0.1, -0.05) is 64.1 Å². The standard InChI is InChI=1S/C46H63N13O13S2/c47-35(61)15-14-29-40(67)57-32(22-38(64)65)43(70)58-33(45(72)59-18-5-9-34(59)44(71)55-28(8-4-17-51-46(49)50)39(66)52-23-36(48)62)24-74-73-19-16-37(63)53-30(21-26-10-12-27(60)13-11-26)41(68)56-31(42(69)54-29)20-25-6-2-1-3-7-25/h1-3,6-7,10-13,28-34,60H,4-5,8-9,14-24H2,(H2,47,61)(H2,48,62)(H,52,66)(H,53,63)(H,54,69)(H,55,71)(H,56,68)(H,57,67)(H,58,70)(H,64,65)(H4,49,50,51)/t28-,29+,30+,31+,32+,33+,34+/m1/s1. The van der Waals surface area contributed by atoms with Crippen molar-refractivity contribution in [2.75, 3.05) is 31.1 Å². The van der Waals surface area contributed by atoms with Crippen molar-refractivity contribution in [1.29, 1.82) is 0 Å². The summed E-state index contributed by atoms with van der Waals surface area (Å²) in [6, 6.07) is 4.16. The number of nitrogens with one attached hydrogen (secondary N) is 7. The molecule has 2 aromatic carbocycles. The van der Waals surface area contributed by atoms with Gasteiger partial charge in [-0.05, 0) is 55.4 Å². The molecule has 0 saturated carbocycles. The van der Waals surface area contributed by atoms with Gasteiger partial charge in [0, 0.05) is 50.3 Å². The molecule has 2 aliphatic heterocycles. The van der Waals surface area contributed by atoms with Crippen LogP contribution in [0.15, 0.2) is 59.6 Å². The molecule has 4 rings (SSSR count). The third kappa shape index (κ3) is 20.1. The number of guanidine groups is 1. The molecule has 74 heavy (non-hydrogen) atoms. The number of aromatic hydroxyl groups is 1. The zero-order valence-electron chi connectivity index (χ0n) is 40.2. The van der Waals surface area contributed by atoms with E-state index in [1.54, 1.807) is 42.5 Å². The van der Waals surface area contributed by atoms with Crippen molar-refractivity contribution in [1.82, 2.24) is 42.1 Å². The fourth-order valence-electron chi connectivity index (χ4n) is 7.76. The first kappa shape index (κ1) is 58.9. The lowest BCUT2D eigenvalue weighted by Gasteiger charge is -2.30. The maximum absolute atomic E-state index is 14.5. The van der Waals surface area contributed by atoms with Crippen LogP contribution in [0.5, 0.6) is 5.75 Å². The molecular formula is C46H63N13O13S2. The van der Waals surface area contributed by atoms with Crippen LogP contribution in [0.2, 0.25) is 0 Å². The number of nitrogens with zero attached hydrogens (tertiary/aromatic N) is 2. The Kier molecular flexibility index (Phi) is 23.7. The highest BCUT2D eigenvalue weighted by atomic mass is 33.1. The normalized spacial score (nSPS) is 21.7. The highest BCUT2D eigenvalue weighted by Gasteiger charge is 2.40. The third-order valence-electron chi connectivity index (χ3n) is 11.5. The Morgan fingerprint density at radius 2 is 1.36 bits per heavy atom. The van der Waals surface area contributed by atoms with Gasteiger partial charge >= 0.3 is 5.97 Å². The maximum atomic E-state index is 14.5. The molecule has 0 radical (unpaired) electrons. The van der Waals surface area contributed by atoms with E-state index in [4.69, 9.17) is 22.9 Å². The maximum Gasteiger partial charge on any atom is 0.305 e. The number of carboxylic acid groups (broad SMARTS) is 1. The predicted molar refractivity (Wildman–Crippen MR) is 271 cm³/mol. The number of carboxylic acids is 1. The lowest BCUT2D eigenvalue weighted by Crippen LogP contribution is -2.61. The molecule has 0 bridgehead atoms. The van der Waals surface area contributed by atoms with Crippen molar-refractivity contribution in [2.24, 2.45) is 27.9 Å². The number of benzene rings is 2. The summed E-state index contributed by atoms with van der Waals surface area (Å²) in [6.45, 7) is -0.437. The molecule has 0 unspecified atom stereocenters. The quantitative estimate of drug-likeness (QED) is 0.0278. The summed E-state index contributed by atoms with van der Waals surface area (Å²) in [5.74, 6) is -10.6. The molecule has 10 amide bonds. The van der Waals surface area contributed by atoms with E-state index >= 15 is 0 Å². The second-order valence-corrected chi connectivity index (χ2v) is 19.9. The van der Waals surface area contributed by atoms with Gasteiger partial charge < -0.3 is 75.3 Å². The smallest absolute Gasteiger partial charge is 0.305 e. The van der Waals surface area contributed by atoms with Gasteiger partial charge in [0.1, 0.15) is 48.0 Å². The molecule has 2 aliphatic rings. The molecular weight excluding hydrogens is 1010 g/mol. The largest absolute Gasteiger partial charge is 0.508 e. The van der Waals surface area contributed by atoms with Crippen molar-refractivity contribution < 1.29 is 63.0 Å². The Hall–Kier alpha value is -7.62. The number of primary amides is 2. The van der Waals surface area contributed by atoms with E-state index < -0.39 is 133 Å². The molecule has 0 spiro atoms. The summed E-state index contributed by atoms with van der Waals surface area (Å²) in [6.07, 6.45) is -1.71. The molecule has 28 heteroatoms. The molecule has 0 aliphatic carbocycles. The molecule has 0 aromatic heterocycles. The Labute approximate surface area is 433 Å². The lowest BCUT2D eigenvalue weighted by atomic mass is 10.0. The predicted octanol–water partition coefficient (Wildman–Crippen LogP) is -3.74. The Balaban J connectivity index is 1.68. The Morgan fingerprint density at radius 3 is 2.00 bits per heavy atom. The van der Waals surface area contributed by atoms with Crippen LogP contribution in [0.3, 0.4) is 0 Å². The summed E-state index contributed by atoms with van der Waals surface area (Å²) in [5.41, 5.74) is 22.5. The molecule has 2 saturated heterocycles. The number of hydrogen-bond donors (Lipinski definition) is 13. The topological polar surface area (TPSA) is 432 Å². The van der Waals surface area contributed by atoms with E-state index in [-0.39, 0.29) is 74.8 Å². The summed E-state index contributed by atoms with van der Waals surface area (Å²) in [7, 11) is 2.14. The average molecular weight is 1070 g/mol. The second-order valence-electron chi connectivity index (χ2n) is 17.3. The minimum Gasteiger partial charge on any atom is -0.508 e. The molecule has 402 valence electrons. The van der Waals surface area contributed by atoms with Crippen LogP contribution in [-0.4, -0.2) is 160 Å². The summed E-state index contributed by atoms with van der Waals surface area (Å²) >= 11 is 0. The number of aliphatic imine (C=N–C) groups is 1. The van der Waals surface area contributed by atoms with Gasteiger partial charge in [-0.3, -0.25) is 57.7 Å². The van der Waals surface area contributed by atoms with Gasteiger partial charge in [-0.15, -0.1) is 0 Å². The minimum absolute atomic E-state index is 0.00262. The van der Waals surface area contributed by atoms with Crippen LogP contribution >= 0.6 is 21.6 Å². The van der Waals surface area contributed by atoms with E-state index in [2.05, 4.69) is 42.2 Å². The fraction of sp³-hybridized carbons (Fsp3) is 0.478. The number of hydrogen-bond acceptors (Lipinski definition) is 15. The molecule has 2 heterocycles. The highest BCUT2D eigenvalue weighted by Crippen LogP contribution is 2.26. The number of aliphatic carboxylic acids is 1. The molecule has 17 N–H and O–H groups in total. The summed E-state index contributed by atoms with van der Waals surface area (Å²) in [4.78, 5) is 152. The molecule has 7 atom stereocenters. The zero-order chi connectivity index (χ0) is 54.3. The van der Waals surface area contributed by atoms with E-state index in [0.29, 0.717) is 17.5 Å².